The molecule has 1 aromatic carbocycles. The van der Waals surface area contributed by atoms with Crippen molar-refractivity contribution in [2.45, 2.75) is 6.42 Å². The molecule has 0 aromatic heterocycles. The molecule has 2 N–H and O–H groups in total. The third-order valence-electron chi connectivity index (χ3n) is 1.67. The van der Waals surface area contributed by atoms with Crippen LogP contribution in [0.25, 0.3) is 0 Å². The highest BCUT2D eigenvalue weighted by atomic mass is 19.1. The van der Waals surface area contributed by atoms with Gasteiger partial charge < -0.3 is 5.73 Å². The minimum Gasteiger partial charge on any atom is -0.398 e. The van der Waals surface area contributed by atoms with Gasteiger partial charge in [-0.25, -0.2) is 4.39 Å². The minimum absolute atomic E-state index is 0.0900. The summed E-state index contributed by atoms with van der Waals surface area (Å²) in [6.45, 7) is 3.53. The predicted molar refractivity (Wildman–Crippen MR) is 49.4 cm³/mol. The van der Waals surface area contributed by atoms with Crippen LogP contribution < -0.4 is 5.73 Å². The molecule has 0 spiro atoms. The number of hydrogen-bond acceptors (Lipinski definition) is 2. The summed E-state index contributed by atoms with van der Waals surface area (Å²) in [6.07, 6.45) is 2.20. The Morgan fingerprint density at radius 1 is 1.62 bits per heavy atom. The van der Waals surface area contributed by atoms with Crippen LogP contribution in [0.2, 0.25) is 0 Å². The summed E-state index contributed by atoms with van der Waals surface area (Å²) in [6, 6.07) is 4.60. The van der Waals surface area contributed by atoms with Crippen molar-refractivity contribution in [3.8, 4) is 6.07 Å². The van der Waals surface area contributed by atoms with Crippen LogP contribution in [-0.4, -0.2) is 0 Å². The summed E-state index contributed by atoms with van der Waals surface area (Å²) in [5, 5.41) is 8.53. The number of benzene rings is 1. The van der Waals surface area contributed by atoms with Gasteiger partial charge in [-0.2, -0.15) is 5.26 Å². The molecule has 1 rings (SSSR count). The van der Waals surface area contributed by atoms with Crippen LogP contribution in [0.5, 0.6) is 0 Å². The molecule has 0 heterocycles. The molecular formula is C10H9FN2. The molecule has 2 nitrogen and oxygen atoms in total. The summed E-state index contributed by atoms with van der Waals surface area (Å²) >= 11 is 0. The standard InChI is InChI=1S/C10H9FN2/c1-2-3-7-4-9(11)8(6-12)10(13)5-7/h2,4-5H,1,3,13H2. The zero-order valence-corrected chi connectivity index (χ0v) is 7.05. The number of halogens is 1. The van der Waals surface area contributed by atoms with Gasteiger partial charge in [0.2, 0.25) is 0 Å². The van der Waals surface area contributed by atoms with E-state index in [1.165, 1.54) is 6.07 Å². The molecule has 0 aliphatic carbocycles. The van der Waals surface area contributed by atoms with Gasteiger partial charge in [0.15, 0.2) is 0 Å². The van der Waals surface area contributed by atoms with E-state index in [9.17, 15) is 4.39 Å². The summed E-state index contributed by atoms with van der Waals surface area (Å²) in [5.74, 6) is -0.570. The van der Waals surface area contributed by atoms with Gasteiger partial charge >= 0.3 is 0 Å². The van der Waals surface area contributed by atoms with Crippen molar-refractivity contribution in [1.82, 2.24) is 0 Å². The Labute approximate surface area is 76.1 Å². The molecule has 0 saturated carbocycles. The van der Waals surface area contributed by atoms with Crippen LogP contribution in [0.3, 0.4) is 0 Å². The number of rotatable bonds is 2. The molecule has 0 aliphatic heterocycles. The second kappa shape index (κ2) is 3.72. The van der Waals surface area contributed by atoms with Crippen LogP contribution in [-0.2, 0) is 6.42 Å². The monoisotopic (exact) mass is 176 g/mol. The average Bonchev–Trinajstić information content (AvgIpc) is 2.04. The maximum absolute atomic E-state index is 13.1. The number of allylic oxidation sites excluding steroid dienone is 1. The van der Waals surface area contributed by atoms with E-state index in [0.717, 1.165) is 5.56 Å². The SMILES string of the molecule is C=CCc1cc(N)c(C#N)c(F)c1. The van der Waals surface area contributed by atoms with E-state index >= 15 is 0 Å². The molecule has 0 atom stereocenters. The van der Waals surface area contributed by atoms with Crippen LogP contribution >= 0.6 is 0 Å². The Morgan fingerprint density at radius 3 is 2.77 bits per heavy atom. The fourth-order valence-corrected chi connectivity index (χ4v) is 1.09. The largest absolute Gasteiger partial charge is 0.398 e. The molecular weight excluding hydrogens is 167 g/mol. The lowest BCUT2D eigenvalue weighted by Crippen LogP contribution is -1.96. The van der Waals surface area contributed by atoms with Crippen molar-refractivity contribution in [3.05, 3.63) is 41.7 Å². The lowest BCUT2D eigenvalue weighted by molar-refractivity contribution is 0.623. The topological polar surface area (TPSA) is 49.8 Å². The second-order valence-corrected chi connectivity index (χ2v) is 2.65. The minimum atomic E-state index is -0.570. The molecule has 13 heavy (non-hydrogen) atoms. The van der Waals surface area contributed by atoms with E-state index in [1.54, 1.807) is 18.2 Å². The maximum Gasteiger partial charge on any atom is 0.143 e. The number of nitriles is 1. The third kappa shape index (κ3) is 1.85. The Morgan fingerprint density at radius 2 is 2.31 bits per heavy atom. The van der Waals surface area contributed by atoms with Crippen molar-refractivity contribution in [2.75, 3.05) is 5.73 Å². The highest BCUT2D eigenvalue weighted by Crippen LogP contribution is 2.18. The van der Waals surface area contributed by atoms with E-state index in [4.69, 9.17) is 11.0 Å². The van der Waals surface area contributed by atoms with Gasteiger partial charge in [-0.3, -0.25) is 0 Å². The first kappa shape index (κ1) is 9.27. The molecule has 1 aromatic rings. The first-order chi connectivity index (χ1) is 6.19. The van der Waals surface area contributed by atoms with Crippen molar-refractivity contribution < 1.29 is 4.39 Å². The summed E-state index contributed by atoms with van der Waals surface area (Å²) in [7, 11) is 0. The van der Waals surface area contributed by atoms with Gasteiger partial charge in [-0.05, 0) is 24.1 Å². The summed E-state index contributed by atoms with van der Waals surface area (Å²) < 4.78 is 13.1. The number of hydrogen-bond donors (Lipinski definition) is 1. The summed E-state index contributed by atoms with van der Waals surface area (Å²) in [4.78, 5) is 0. The van der Waals surface area contributed by atoms with Crippen LogP contribution in [0, 0.1) is 17.1 Å². The van der Waals surface area contributed by atoms with Gasteiger partial charge in [0, 0.05) is 0 Å². The Hall–Kier alpha value is -1.82. The Bertz CT molecular complexity index is 354. The van der Waals surface area contributed by atoms with Gasteiger partial charge in [0.25, 0.3) is 0 Å². The highest BCUT2D eigenvalue weighted by Gasteiger charge is 2.06. The van der Waals surface area contributed by atoms with Crippen molar-refractivity contribution >= 4 is 5.69 Å². The van der Waals surface area contributed by atoms with Gasteiger partial charge in [0.1, 0.15) is 17.4 Å². The van der Waals surface area contributed by atoms with Crippen LogP contribution in [0.4, 0.5) is 10.1 Å². The Kier molecular flexibility index (Phi) is 2.65. The van der Waals surface area contributed by atoms with E-state index in [1.807, 2.05) is 0 Å². The van der Waals surface area contributed by atoms with Crippen molar-refractivity contribution in [3.63, 3.8) is 0 Å². The van der Waals surface area contributed by atoms with Gasteiger partial charge in [-0.15, -0.1) is 6.58 Å². The molecule has 0 fully saturated rings. The molecule has 0 radical (unpaired) electrons. The third-order valence-corrected chi connectivity index (χ3v) is 1.67. The zero-order chi connectivity index (χ0) is 9.84. The molecule has 0 bridgehead atoms. The van der Waals surface area contributed by atoms with Gasteiger partial charge in [-0.1, -0.05) is 6.08 Å². The smallest absolute Gasteiger partial charge is 0.143 e. The number of anilines is 1. The molecule has 66 valence electrons. The molecule has 0 aliphatic rings. The Balaban J connectivity index is 3.21. The van der Waals surface area contributed by atoms with E-state index in [0.29, 0.717) is 6.42 Å². The van der Waals surface area contributed by atoms with E-state index in [2.05, 4.69) is 6.58 Å². The quantitative estimate of drug-likeness (QED) is 0.553. The predicted octanol–water partition coefficient (Wildman–Crippen LogP) is 2.01. The maximum atomic E-state index is 13.1. The van der Waals surface area contributed by atoms with Crippen molar-refractivity contribution in [2.24, 2.45) is 0 Å². The van der Waals surface area contributed by atoms with E-state index in [-0.39, 0.29) is 11.3 Å². The average molecular weight is 176 g/mol. The van der Waals surface area contributed by atoms with Crippen LogP contribution in [0.15, 0.2) is 24.8 Å². The fourth-order valence-electron chi connectivity index (χ4n) is 1.09. The van der Waals surface area contributed by atoms with Crippen LogP contribution in [0.1, 0.15) is 11.1 Å². The highest BCUT2D eigenvalue weighted by molar-refractivity contribution is 5.56. The zero-order valence-electron chi connectivity index (χ0n) is 7.05. The first-order valence-electron chi connectivity index (χ1n) is 3.78. The molecule has 0 saturated heterocycles. The first-order valence-corrected chi connectivity index (χ1v) is 3.78. The molecule has 0 unspecified atom stereocenters. The van der Waals surface area contributed by atoms with Gasteiger partial charge in [0.05, 0.1) is 5.69 Å². The number of nitrogens with two attached hydrogens (primary N) is 1. The van der Waals surface area contributed by atoms with Crippen molar-refractivity contribution in [1.29, 1.82) is 5.26 Å². The lowest BCUT2D eigenvalue weighted by Gasteiger charge is -2.02. The molecule has 3 heteroatoms. The fraction of sp³-hybridized carbons (Fsp3) is 0.100. The van der Waals surface area contributed by atoms with E-state index < -0.39 is 5.82 Å². The second-order valence-electron chi connectivity index (χ2n) is 2.65. The summed E-state index contributed by atoms with van der Waals surface area (Å²) in [5.41, 5.74) is 6.28. The number of nitrogen functional groups attached to an aromatic ring is 1. The normalized spacial score (nSPS) is 9.23. The number of nitrogens with zero attached hydrogens (tertiary/aromatic N) is 1. The molecule has 0 amide bonds. The lowest BCUT2D eigenvalue weighted by atomic mass is 10.1.